The SMILES string of the molecule is CC(C)Oc1ccc(Cl)cc1C=NNC(=O)C(NC(=O)c1ccccc1)C(C)C. The van der Waals surface area contributed by atoms with Crippen LogP contribution in [-0.2, 0) is 4.79 Å². The predicted octanol–water partition coefficient (Wildman–Crippen LogP) is 4.03. The molecule has 0 saturated heterocycles. The summed E-state index contributed by atoms with van der Waals surface area (Å²) in [6, 6.07) is 13.2. The molecule has 29 heavy (non-hydrogen) atoms. The number of hydrogen-bond donors (Lipinski definition) is 2. The van der Waals surface area contributed by atoms with Gasteiger partial charge in [0, 0.05) is 16.1 Å². The van der Waals surface area contributed by atoms with Crippen LogP contribution < -0.4 is 15.5 Å². The molecule has 6 nitrogen and oxygen atoms in total. The summed E-state index contributed by atoms with van der Waals surface area (Å²) < 4.78 is 5.73. The smallest absolute Gasteiger partial charge is 0.262 e. The minimum Gasteiger partial charge on any atom is -0.490 e. The lowest BCUT2D eigenvalue weighted by Gasteiger charge is -2.20. The van der Waals surface area contributed by atoms with Crippen molar-refractivity contribution >= 4 is 29.6 Å². The highest BCUT2D eigenvalue weighted by Crippen LogP contribution is 2.22. The zero-order chi connectivity index (χ0) is 21.4. The summed E-state index contributed by atoms with van der Waals surface area (Å²) in [5.74, 6) is -0.233. The van der Waals surface area contributed by atoms with Crippen LogP contribution in [0.2, 0.25) is 5.02 Å². The fourth-order valence-corrected chi connectivity index (χ4v) is 2.75. The van der Waals surface area contributed by atoms with Gasteiger partial charge in [-0.1, -0.05) is 43.6 Å². The lowest BCUT2D eigenvalue weighted by atomic mass is 10.0. The summed E-state index contributed by atoms with van der Waals surface area (Å²) >= 11 is 6.05. The van der Waals surface area contributed by atoms with Crippen molar-refractivity contribution in [2.24, 2.45) is 11.0 Å². The molecule has 0 radical (unpaired) electrons. The third kappa shape index (κ3) is 6.91. The van der Waals surface area contributed by atoms with E-state index in [4.69, 9.17) is 16.3 Å². The first-order valence-electron chi connectivity index (χ1n) is 9.43. The number of rotatable bonds is 8. The van der Waals surface area contributed by atoms with Crippen LogP contribution >= 0.6 is 11.6 Å². The monoisotopic (exact) mass is 415 g/mol. The molecule has 0 fully saturated rings. The van der Waals surface area contributed by atoms with Gasteiger partial charge in [-0.05, 0) is 50.1 Å². The van der Waals surface area contributed by atoms with Crippen molar-refractivity contribution in [3.05, 3.63) is 64.7 Å². The summed E-state index contributed by atoms with van der Waals surface area (Å²) in [5.41, 5.74) is 3.62. The largest absolute Gasteiger partial charge is 0.490 e. The number of hydrogen-bond acceptors (Lipinski definition) is 4. The molecule has 1 unspecified atom stereocenters. The van der Waals surface area contributed by atoms with Crippen LogP contribution in [0.25, 0.3) is 0 Å². The Morgan fingerprint density at radius 2 is 1.76 bits per heavy atom. The Kier molecular flexibility index (Phi) is 8.21. The van der Waals surface area contributed by atoms with Gasteiger partial charge in [-0.15, -0.1) is 0 Å². The highest BCUT2D eigenvalue weighted by Gasteiger charge is 2.24. The second-order valence-electron chi connectivity index (χ2n) is 7.14. The Morgan fingerprint density at radius 3 is 2.38 bits per heavy atom. The lowest BCUT2D eigenvalue weighted by molar-refractivity contribution is -0.123. The van der Waals surface area contributed by atoms with Crippen molar-refractivity contribution in [1.29, 1.82) is 0 Å². The van der Waals surface area contributed by atoms with E-state index in [1.54, 1.807) is 42.5 Å². The summed E-state index contributed by atoms with van der Waals surface area (Å²) in [4.78, 5) is 25.0. The van der Waals surface area contributed by atoms with E-state index in [0.29, 0.717) is 21.9 Å². The first-order chi connectivity index (χ1) is 13.8. The van der Waals surface area contributed by atoms with Crippen molar-refractivity contribution < 1.29 is 14.3 Å². The molecule has 2 amide bonds. The third-order valence-electron chi connectivity index (χ3n) is 3.98. The highest BCUT2D eigenvalue weighted by molar-refractivity contribution is 6.30. The van der Waals surface area contributed by atoms with E-state index < -0.39 is 11.9 Å². The summed E-state index contributed by atoms with van der Waals surface area (Å²) in [6.45, 7) is 7.54. The molecule has 0 heterocycles. The van der Waals surface area contributed by atoms with E-state index in [9.17, 15) is 9.59 Å². The molecule has 0 aliphatic heterocycles. The molecular formula is C22H26ClN3O3. The molecular weight excluding hydrogens is 390 g/mol. The van der Waals surface area contributed by atoms with Crippen molar-refractivity contribution in [3.8, 4) is 5.75 Å². The predicted molar refractivity (Wildman–Crippen MR) is 115 cm³/mol. The minimum absolute atomic E-state index is 0.0172. The number of amides is 2. The fraction of sp³-hybridized carbons (Fsp3) is 0.318. The second-order valence-corrected chi connectivity index (χ2v) is 7.58. The van der Waals surface area contributed by atoms with Crippen molar-refractivity contribution in [2.75, 3.05) is 0 Å². The van der Waals surface area contributed by atoms with Crippen LogP contribution in [0, 0.1) is 5.92 Å². The zero-order valence-corrected chi connectivity index (χ0v) is 17.7. The van der Waals surface area contributed by atoms with Gasteiger partial charge >= 0.3 is 0 Å². The first kappa shape index (κ1) is 22.4. The molecule has 154 valence electrons. The quantitative estimate of drug-likeness (QED) is 0.504. The van der Waals surface area contributed by atoms with E-state index >= 15 is 0 Å². The standard InChI is InChI=1S/C22H26ClN3O3/c1-14(2)20(25-21(27)16-8-6-5-7-9-16)22(28)26-24-13-17-12-18(23)10-11-19(17)29-15(3)4/h5-15,20H,1-4H3,(H,25,27)(H,26,28). The Labute approximate surface area is 176 Å². The summed E-state index contributed by atoms with van der Waals surface area (Å²) in [6.07, 6.45) is 1.45. The van der Waals surface area contributed by atoms with E-state index in [-0.39, 0.29) is 17.9 Å². The number of carbonyl (C=O) groups excluding carboxylic acids is 2. The molecule has 1 atom stereocenters. The van der Waals surface area contributed by atoms with Crippen LogP contribution in [0.5, 0.6) is 5.75 Å². The van der Waals surface area contributed by atoms with Crippen LogP contribution in [-0.4, -0.2) is 30.2 Å². The van der Waals surface area contributed by atoms with Crippen molar-refractivity contribution in [3.63, 3.8) is 0 Å². The van der Waals surface area contributed by atoms with Gasteiger partial charge in [0.25, 0.3) is 11.8 Å². The maximum atomic E-state index is 12.6. The van der Waals surface area contributed by atoms with Crippen LogP contribution in [0.1, 0.15) is 43.6 Å². The van der Waals surface area contributed by atoms with Gasteiger partial charge in [0.2, 0.25) is 0 Å². The van der Waals surface area contributed by atoms with Crippen LogP contribution in [0.4, 0.5) is 0 Å². The number of carbonyl (C=O) groups is 2. The molecule has 0 bridgehead atoms. The van der Waals surface area contributed by atoms with Gasteiger partial charge in [0.1, 0.15) is 11.8 Å². The second kappa shape index (κ2) is 10.6. The average molecular weight is 416 g/mol. The van der Waals surface area contributed by atoms with Crippen LogP contribution in [0.15, 0.2) is 53.6 Å². The first-order valence-corrected chi connectivity index (χ1v) is 9.80. The van der Waals surface area contributed by atoms with Gasteiger partial charge in [-0.3, -0.25) is 9.59 Å². The molecule has 0 spiro atoms. The lowest BCUT2D eigenvalue weighted by Crippen LogP contribution is -2.48. The number of halogens is 1. The third-order valence-corrected chi connectivity index (χ3v) is 4.22. The van der Waals surface area contributed by atoms with E-state index in [1.165, 1.54) is 6.21 Å². The Bertz CT molecular complexity index is 867. The number of nitrogens with one attached hydrogen (secondary N) is 2. The van der Waals surface area contributed by atoms with Gasteiger partial charge in [-0.25, -0.2) is 5.43 Å². The number of ether oxygens (including phenoxy) is 1. The molecule has 0 saturated carbocycles. The van der Waals surface area contributed by atoms with Crippen LogP contribution in [0.3, 0.4) is 0 Å². The molecule has 7 heteroatoms. The number of nitrogens with zero attached hydrogens (tertiary/aromatic N) is 1. The number of benzene rings is 2. The Hall–Kier alpha value is -2.86. The topological polar surface area (TPSA) is 79.8 Å². The summed E-state index contributed by atoms with van der Waals surface area (Å²) in [7, 11) is 0. The normalized spacial score (nSPS) is 12.2. The zero-order valence-electron chi connectivity index (χ0n) is 17.0. The Morgan fingerprint density at radius 1 is 1.07 bits per heavy atom. The van der Waals surface area contributed by atoms with Gasteiger partial charge in [-0.2, -0.15) is 5.10 Å². The molecule has 0 aliphatic rings. The molecule has 2 N–H and O–H groups in total. The number of hydrazone groups is 1. The van der Waals surface area contributed by atoms with Crippen molar-refractivity contribution in [1.82, 2.24) is 10.7 Å². The molecule has 0 aliphatic carbocycles. The average Bonchev–Trinajstić information content (AvgIpc) is 2.68. The van der Waals surface area contributed by atoms with E-state index in [1.807, 2.05) is 33.8 Å². The molecule has 2 aromatic rings. The maximum Gasteiger partial charge on any atom is 0.262 e. The van der Waals surface area contributed by atoms with Gasteiger partial charge in [0.05, 0.1) is 12.3 Å². The van der Waals surface area contributed by atoms with Gasteiger partial charge < -0.3 is 10.1 Å². The Balaban J connectivity index is 2.07. The van der Waals surface area contributed by atoms with E-state index in [2.05, 4.69) is 15.8 Å². The van der Waals surface area contributed by atoms with E-state index in [0.717, 1.165) is 0 Å². The van der Waals surface area contributed by atoms with Gasteiger partial charge in [0.15, 0.2) is 0 Å². The van der Waals surface area contributed by atoms with Crippen molar-refractivity contribution in [2.45, 2.75) is 39.8 Å². The molecule has 0 aromatic heterocycles. The highest BCUT2D eigenvalue weighted by atomic mass is 35.5. The minimum atomic E-state index is -0.731. The molecule has 2 rings (SSSR count). The maximum absolute atomic E-state index is 12.6. The summed E-state index contributed by atoms with van der Waals surface area (Å²) in [5, 5.41) is 7.31. The molecule has 2 aromatic carbocycles. The fourth-order valence-electron chi connectivity index (χ4n) is 2.57.